The lowest BCUT2D eigenvalue weighted by atomic mass is 9.95. The summed E-state index contributed by atoms with van der Waals surface area (Å²) in [7, 11) is 6.20. The smallest absolute Gasteiger partial charge is 0.253 e. The fraction of sp³-hybridized carbons (Fsp3) is 0.381. The second-order valence-electron chi connectivity index (χ2n) is 6.48. The molecule has 0 aromatic heterocycles. The number of ether oxygens (including phenoxy) is 3. The summed E-state index contributed by atoms with van der Waals surface area (Å²) in [4.78, 5) is 14.6. The lowest BCUT2D eigenvalue weighted by molar-refractivity contribution is 0.0780. The van der Waals surface area contributed by atoms with E-state index in [1.807, 2.05) is 6.07 Å². The SMILES string of the molecule is COc1cc(C(=O)N(C)CC(CCO)c2ccc(Cl)c(Cl)c2)cc(OC)c1OC. The van der Waals surface area contributed by atoms with Gasteiger partial charge in [-0.05, 0) is 36.2 Å². The van der Waals surface area contributed by atoms with E-state index in [1.165, 1.54) is 21.3 Å². The summed E-state index contributed by atoms with van der Waals surface area (Å²) < 4.78 is 16.0. The molecule has 6 nitrogen and oxygen atoms in total. The van der Waals surface area contributed by atoms with Gasteiger partial charge in [0.2, 0.25) is 5.75 Å². The van der Waals surface area contributed by atoms with E-state index in [4.69, 9.17) is 37.4 Å². The molecule has 1 atom stereocenters. The summed E-state index contributed by atoms with van der Waals surface area (Å²) in [5.74, 6) is 0.904. The summed E-state index contributed by atoms with van der Waals surface area (Å²) in [5.41, 5.74) is 1.30. The first-order chi connectivity index (χ1) is 13.9. The van der Waals surface area contributed by atoms with Crippen molar-refractivity contribution in [3.63, 3.8) is 0 Å². The maximum absolute atomic E-state index is 13.0. The van der Waals surface area contributed by atoms with Crippen molar-refractivity contribution in [2.75, 3.05) is 41.5 Å². The quantitative estimate of drug-likeness (QED) is 0.629. The van der Waals surface area contributed by atoms with Gasteiger partial charge in [-0.15, -0.1) is 0 Å². The van der Waals surface area contributed by atoms with Gasteiger partial charge in [-0.2, -0.15) is 0 Å². The molecular weight excluding hydrogens is 417 g/mol. The van der Waals surface area contributed by atoms with Crippen LogP contribution in [0.15, 0.2) is 30.3 Å². The molecule has 2 aromatic carbocycles. The first-order valence-corrected chi connectivity index (χ1v) is 9.73. The zero-order valence-corrected chi connectivity index (χ0v) is 18.4. The molecule has 0 radical (unpaired) electrons. The summed E-state index contributed by atoms with van der Waals surface area (Å²) >= 11 is 12.1. The van der Waals surface area contributed by atoms with Crippen LogP contribution in [0.5, 0.6) is 17.2 Å². The van der Waals surface area contributed by atoms with Crippen LogP contribution in [-0.2, 0) is 0 Å². The Bertz CT molecular complexity index is 834. The zero-order chi connectivity index (χ0) is 21.6. The van der Waals surface area contributed by atoms with Gasteiger partial charge in [0.1, 0.15) is 0 Å². The summed E-state index contributed by atoms with van der Waals surface area (Å²) in [6, 6.07) is 8.56. The minimum absolute atomic E-state index is 0.0167. The van der Waals surface area contributed by atoms with E-state index in [2.05, 4.69) is 0 Å². The van der Waals surface area contributed by atoms with Crippen LogP contribution in [-0.4, -0.2) is 57.4 Å². The van der Waals surface area contributed by atoms with Gasteiger partial charge < -0.3 is 24.2 Å². The number of aliphatic hydroxyl groups excluding tert-OH is 1. The lowest BCUT2D eigenvalue weighted by Crippen LogP contribution is -2.31. The number of carbonyl (C=O) groups excluding carboxylic acids is 1. The van der Waals surface area contributed by atoms with Crippen molar-refractivity contribution < 1.29 is 24.1 Å². The number of rotatable bonds is 9. The van der Waals surface area contributed by atoms with Crippen LogP contribution in [0, 0.1) is 0 Å². The predicted molar refractivity (Wildman–Crippen MR) is 114 cm³/mol. The molecule has 158 valence electrons. The Hall–Kier alpha value is -2.15. The van der Waals surface area contributed by atoms with Crippen LogP contribution in [0.4, 0.5) is 0 Å². The van der Waals surface area contributed by atoms with Crippen molar-refractivity contribution in [2.45, 2.75) is 12.3 Å². The average Bonchev–Trinajstić information content (AvgIpc) is 2.73. The van der Waals surface area contributed by atoms with E-state index in [0.29, 0.717) is 45.8 Å². The van der Waals surface area contributed by atoms with Crippen LogP contribution in [0.25, 0.3) is 0 Å². The number of benzene rings is 2. The predicted octanol–water partition coefficient (Wildman–Crippen LogP) is 4.26. The normalized spacial score (nSPS) is 11.7. The third kappa shape index (κ3) is 5.47. The number of methoxy groups -OCH3 is 3. The molecule has 2 rings (SSSR count). The lowest BCUT2D eigenvalue weighted by Gasteiger charge is -2.25. The Balaban J connectivity index is 2.29. The van der Waals surface area contributed by atoms with Crippen molar-refractivity contribution in [3.05, 3.63) is 51.5 Å². The van der Waals surface area contributed by atoms with Crippen LogP contribution >= 0.6 is 23.2 Å². The van der Waals surface area contributed by atoms with Crippen LogP contribution in [0.3, 0.4) is 0 Å². The maximum Gasteiger partial charge on any atom is 0.253 e. The van der Waals surface area contributed by atoms with E-state index in [-0.39, 0.29) is 18.4 Å². The summed E-state index contributed by atoms with van der Waals surface area (Å²) in [5, 5.41) is 10.4. The molecule has 0 spiro atoms. The molecule has 0 aliphatic heterocycles. The third-order valence-electron chi connectivity index (χ3n) is 4.65. The molecule has 1 N–H and O–H groups in total. The topological polar surface area (TPSA) is 68.2 Å². The van der Waals surface area contributed by atoms with Crippen molar-refractivity contribution in [1.82, 2.24) is 4.90 Å². The van der Waals surface area contributed by atoms with Crippen LogP contribution in [0.2, 0.25) is 10.0 Å². The number of amides is 1. The van der Waals surface area contributed by atoms with Crippen LogP contribution < -0.4 is 14.2 Å². The van der Waals surface area contributed by atoms with Gasteiger partial charge in [0.25, 0.3) is 5.91 Å². The minimum atomic E-state index is -0.216. The molecule has 1 unspecified atom stereocenters. The van der Waals surface area contributed by atoms with Crippen molar-refractivity contribution in [2.24, 2.45) is 0 Å². The molecule has 0 heterocycles. The van der Waals surface area contributed by atoms with Crippen LogP contribution in [0.1, 0.15) is 28.3 Å². The molecule has 0 bridgehead atoms. The van der Waals surface area contributed by atoms with Gasteiger partial charge in [0, 0.05) is 31.7 Å². The number of halogens is 2. The first-order valence-electron chi connectivity index (χ1n) is 8.97. The molecule has 0 saturated carbocycles. The van der Waals surface area contributed by atoms with Gasteiger partial charge in [0.05, 0.1) is 31.4 Å². The molecule has 2 aromatic rings. The van der Waals surface area contributed by atoms with Gasteiger partial charge in [-0.1, -0.05) is 29.3 Å². The standard InChI is InChI=1S/C21H25Cl2NO5/c1-24(12-14(7-8-25)13-5-6-16(22)17(23)9-13)21(26)15-10-18(27-2)20(29-4)19(11-15)28-3/h5-6,9-11,14,25H,7-8,12H2,1-4H3. The molecule has 1 amide bonds. The van der Waals surface area contributed by atoms with Crippen molar-refractivity contribution >= 4 is 29.1 Å². The highest BCUT2D eigenvalue weighted by Crippen LogP contribution is 2.38. The summed E-state index contributed by atoms with van der Waals surface area (Å²) in [6.07, 6.45) is 0.477. The highest BCUT2D eigenvalue weighted by Gasteiger charge is 2.22. The largest absolute Gasteiger partial charge is 0.493 e. The fourth-order valence-corrected chi connectivity index (χ4v) is 3.43. The number of carbonyl (C=O) groups is 1. The van der Waals surface area contributed by atoms with Crippen molar-refractivity contribution in [3.8, 4) is 17.2 Å². The molecule has 0 fully saturated rings. The third-order valence-corrected chi connectivity index (χ3v) is 5.38. The molecule has 0 saturated heterocycles. The van der Waals surface area contributed by atoms with Gasteiger partial charge >= 0.3 is 0 Å². The van der Waals surface area contributed by atoms with Gasteiger partial charge in [0.15, 0.2) is 11.5 Å². The maximum atomic E-state index is 13.0. The number of aliphatic hydroxyl groups is 1. The molecule has 29 heavy (non-hydrogen) atoms. The molecular formula is C21H25Cl2NO5. The van der Waals surface area contributed by atoms with E-state index in [1.54, 1.807) is 36.2 Å². The Labute approximate surface area is 180 Å². The number of hydrogen-bond donors (Lipinski definition) is 1. The average molecular weight is 442 g/mol. The van der Waals surface area contributed by atoms with E-state index >= 15 is 0 Å². The molecule has 8 heteroatoms. The zero-order valence-electron chi connectivity index (χ0n) is 16.9. The molecule has 0 aliphatic rings. The second-order valence-corrected chi connectivity index (χ2v) is 7.30. The first kappa shape index (κ1) is 23.1. The Morgan fingerprint density at radius 3 is 2.14 bits per heavy atom. The van der Waals surface area contributed by atoms with E-state index in [9.17, 15) is 9.90 Å². The van der Waals surface area contributed by atoms with E-state index < -0.39 is 0 Å². The van der Waals surface area contributed by atoms with Gasteiger partial charge in [-0.3, -0.25) is 4.79 Å². The Kier molecular flexibility index (Phi) is 8.44. The minimum Gasteiger partial charge on any atom is -0.493 e. The fourth-order valence-electron chi connectivity index (χ4n) is 3.12. The van der Waals surface area contributed by atoms with Crippen molar-refractivity contribution in [1.29, 1.82) is 0 Å². The number of hydrogen-bond acceptors (Lipinski definition) is 5. The number of nitrogens with zero attached hydrogens (tertiary/aromatic N) is 1. The highest BCUT2D eigenvalue weighted by molar-refractivity contribution is 6.42. The number of likely N-dealkylation sites (N-methyl/N-ethyl adjacent to an activating group) is 1. The highest BCUT2D eigenvalue weighted by atomic mass is 35.5. The monoisotopic (exact) mass is 441 g/mol. The molecule has 0 aliphatic carbocycles. The van der Waals surface area contributed by atoms with E-state index in [0.717, 1.165) is 5.56 Å². The Morgan fingerprint density at radius 1 is 1.03 bits per heavy atom. The Morgan fingerprint density at radius 2 is 1.66 bits per heavy atom. The van der Waals surface area contributed by atoms with Gasteiger partial charge in [-0.25, -0.2) is 0 Å². The summed E-state index contributed by atoms with van der Waals surface area (Å²) in [6.45, 7) is 0.366. The second kappa shape index (κ2) is 10.6.